The van der Waals surface area contributed by atoms with E-state index in [4.69, 9.17) is 4.74 Å². The van der Waals surface area contributed by atoms with E-state index < -0.39 is 6.10 Å². The minimum Gasteiger partial charge on any atom is -0.481 e. The first-order chi connectivity index (χ1) is 8.20. The highest BCUT2D eigenvalue weighted by molar-refractivity contribution is 5.16. The summed E-state index contributed by atoms with van der Waals surface area (Å²) < 4.78 is 6.58. The molecule has 1 unspecified atom stereocenters. The van der Waals surface area contributed by atoms with Crippen molar-refractivity contribution >= 4 is 0 Å². The standard InChI is InChI=1S/C10H13N5O2/c1-15-9(12-6-14-15)4-8(16)7-3-10(17-2)13-5-11-7/h3,5-6,8,16H,4H2,1-2H3. The Balaban J connectivity index is 2.14. The summed E-state index contributed by atoms with van der Waals surface area (Å²) in [5.74, 6) is 1.11. The minimum absolute atomic E-state index is 0.344. The van der Waals surface area contributed by atoms with Crippen molar-refractivity contribution in [1.29, 1.82) is 0 Å². The van der Waals surface area contributed by atoms with Gasteiger partial charge < -0.3 is 9.84 Å². The molecule has 0 spiro atoms. The zero-order valence-electron chi connectivity index (χ0n) is 9.61. The Morgan fingerprint density at radius 1 is 1.35 bits per heavy atom. The van der Waals surface area contributed by atoms with Crippen LogP contribution < -0.4 is 4.74 Å². The quantitative estimate of drug-likeness (QED) is 0.795. The van der Waals surface area contributed by atoms with Gasteiger partial charge in [0.25, 0.3) is 0 Å². The molecular formula is C10H13N5O2. The highest BCUT2D eigenvalue weighted by Gasteiger charge is 2.14. The van der Waals surface area contributed by atoms with Crippen LogP contribution in [-0.2, 0) is 13.5 Å². The van der Waals surface area contributed by atoms with Crippen LogP contribution in [0.3, 0.4) is 0 Å². The Kier molecular flexibility index (Phi) is 3.29. The molecular weight excluding hydrogens is 222 g/mol. The van der Waals surface area contributed by atoms with E-state index in [1.807, 2.05) is 0 Å². The molecule has 0 saturated carbocycles. The molecule has 0 aliphatic heterocycles. The number of ether oxygens (including phenoxy) is 1. The molecule has 90 valence electrons. The predicted octanol–water partition coefficient (Wildman–Crippen LogP) is -0.110. The Morgan fingerprint density at radius 2 is 2.18 bits per heavy atom. The van der Waals surface area contributed by atoms with E-state index in [9.17, 15) is 5.11 Å². The number of hydrogen-bond donors (Lipinski definition) is 1. The number of aryl methyl sites for hydroxylation is 1. The first kappa shape index (κ1) is 11.5. The first-order valence-corrected chi connectivity index (χ1v) is 5.07. The fourth-order valence-electron chi connectivity index (χ4n) is 1.43. The number of hydrogen-bond acceptors (Lipinski definition) is 6. The largest absolute Gasteiger partial charge is 0.481 e. The smallest absolute Gasteiger partial charge is 0.216 e. The maximum Gasteiger partial charge on any atom is 0.216 e. The third-order valence-electron chi connectivity index (χ3n) is 2.39. The molecule has 7 heteroatoms. The molecule has 2 aromatic rings. The number of aromatic nitrogens is 5. The Bertz CT molecular complexity index is 499. The SMILES string of the molecule is COc1cc(C(O)Cc2ncnn2C)ncn1. The second kappa shape index (κ2) is 4.88. The fraction of sp³-hybridized carbons (Fsp3) is 0.400. The van der Waals surface area contributed by atoms with Crippen LogP contribution in [0.5, 0.6) is 5.88 Å². The van der Waals surface area contributed by atoms with E-state index in [-0.39, 0.29) is 0 Å². The van der Waals surface area contributed by atoms with Gasteiger partial charge in [0.1, 0.15) is 24.6 Å². The van der Waals surface area contributed by atoms with E-state index >= 15 is 0 Å². The fourth-order valence-corrected chi connectivity index (χ4v) is 1.43. The zero-order valence-corrected chi connectivity index (χ0v) is 9.61. The number of nitrogens with zero attached hydrogens (tertiary/aromatic N) is 5. The van der Waals surface area contributed by atoms with Crippen molar-refractivity contribution in [2.45, 2.75) is 12.5 Å². The van der Waals surface area contributed by atoms with E-state index in [1.165, 1.54) is 19.8 Å². The third-order valence-corrected chi connectivity index (χ3v) is 2.39. The van der Waals surface area contributed by atoms with Crippen molar-refractivity contribution < 1.29 is 9.84 Å². The Morgan fingerprint density at radius 3 is 2.82 bits per heavy atom. The molecule has 7 nitrogen and oxygen atoms in total. The molecule has 0 fully saturated rings. The van der Waals surface area contributed by atoms with E-state index in [1.54, 1.807) is 17.8 Å². The van der Waals surface area contributed by atoms with Crippen molar-refractivity contribution in [3.63, 3.8) is 0 Å². The van der Waals surface area contributed by atoms with Crippen LogP contribution >= 0.6 is 0 Å². The summed E-state index contributed by atoms with van der Waals surface area (Å²) in [4.78, 5) is 11.9. The molecule has 2 rings (SSSR count). The van der Waals surface area contributed by atoms with Crippen LogP contribution in [0.25, 0.3) is 0 Å². The lowest BCUT2D eigenvalue weighted by Crippen LogP contribution is -2.09. The maximum atomic E-state index is 10.0. The van der Waals surface area contributed by atoms with Crippen molar-refractivity contribution in [3.8, 4) is 5.88 Å². The van der Waals surface area contributed by atoms with Crippen LogP contribution in [-0.4, -0.2) is 36.9 Å². The molecule has 0 saturated heterocycles. The average Bonchev–Trinajstić information content (AvgIpc) is 2.75. The second-order valence-corrected chi connectivity index (χ2v) is 3.51. The normalized spacial score (nSPS) is 12.4. The van der Waals surface area contributed by atoms with Gasteiger partial charge in [-0.25, -0.2) is 15.0 Å². The molecule has 17 heavy (non-hydrogen) atoms. The molecule has 1 atom stereocenters. The van der Waals surface area contributed by atoms with Crippen molar-refractivity contribution in [3.05, 3.63) is 30.2 Å². The molecule has 1 N–H and O–H groups in total. The molecule has 2 aromatic heterocycles. The third kappa shape index (κ3) is 2.56. The number of aliphatic hydroxyl groups excluding tert-OH is 1. The van der Waals surface area contributed by atoms with E-state index in [2.05, 4.69) is 20.1 Å². The van der Waals surface area contributed by atoms with Gasteiger partial charge in [-0.05, 0) is 0 Å². The van der Waals surface area contributed by atoms with Crippen molar-refractivity contribution in [1.82, 2.24) is 24.7 Å². The lowest BCUT2D eigenvalue weighted by atomic mass is 10.1. The summed E-state index contributed by atoms with van der Waals surface area (Å²) in [6.07, 6.45) is 2.39. The van der Waals surface area contributed by atoms with Gasteiger partial charge in [0, 0.05) is 19.5 Å². The van der Waals surface area contributed by atoms with Crippen LogP contribution in [0, 0.1) is 0 Å². The summed E-state index contributed by atoms with van der Waals surface area (Å²) in [5, 5.41) is 13.9. The summed E-state index contributed by atoms with van der Waals surface area (Å²) in [5.41, 5.74) is 0.500. The lowest BCUT2D eigenvalue weighted by Gasteiger charge is -2.09. The summed E-state index contributed by atoms with van der Waals surface area (Å²) in [7, 11) is 3.29. The van der Waals surface area contributed by atoms with E-state index in [0.717, 1.165) is 0 Å². The van der Waals surface area contributed by atoms with Crippen molar-refractivity contribution in [2.75, 3.05) is 7.11 Å². The maximum absolute atomic E-state index is 10.0. The average molecular weight is 235 g/mol. The Hall–Kier alpha value is -2.02. The van der Waals surface area contributed by atoms with Gasteiger partial charge in [-0.3, -0.25) is 4.68 Å². The van der Waals surface area contributed by atoms with Gasteiger partial charge in [-0.1, -0.05) is 0 Å². The topological polar surface area (TPSA) is 86.0 Å². The van der Waals surface area contributed by atoms with Crippen molar-refractivity contribution in [2.24, 2.45) is 7.05 Å². The van der Waals surface area contributed by atoms with Crippen LogP contribution in [0.4, 0.5) is 0 Å². The van der Waals surface area contributed by atoms with Gasteiger partial charge in [-0.15, -0.1) is 0 Å². The van der Waals surface area contributed by atoms with Gasteiger partial charge in [0.15, 0.2) is 0 Å². The molecule has 0 radical (unpaired) electrons. The first-order valence-electron chi connectivity index (χ1n) is 5.07. The zero-order chi connectivity index (χ0) is 12.3. The minimum atomic E-state index is -0.755. The van der Waals surface area contributed by atoms with Crippen LogP contribution in [0.1, 0.15) is 17.6 Å². The van der Waals surface area contributed by atoms with Crippen LogP contribution in [0.15, 0.2) is 18.7 Å². The van der Waals surface area contributed by atoms with Gasteiger partial charge in [-0.2, -0.15) is 5.10 Å². The molecule has 0 amide bonds. The van der Waals surface area contributed by atoms with Gasteiger partial charge in [0.05, 0.1) is 12.8 Å². The predicted molar refractivity (Wildman–Crippen MR) is 58.3 cm³/mol. The molecule has 0 aliphatic carbocycles. The second-order valence-electron chi connectivity index (χ2n) is 3.51. The highest BCUT2D eigenvalue weighted by Crippen LogP contribution is 2.17. The number of methoxy groups -OCH3 is 1. The summed E-state index contributed by atoms with van der Waals surface area (Å²) >= 11 is 0. The number of rotatable bonds is 4. The lowest BCUT2D eigenvalue weighted by molar-refractivity contribution is 0.169. The Labute approximate surface area is 98.1 Å². The van der Waals surface area contributed by atoms with Gasteiger partial charge in [0.2, 0.25) is 5.88 Å². The highest BCUT2D eigenvalue weighted by atomic mass is 16.5. The molecule has 0 bridgehead atoms. The van der Waals surface area contributed by atoms with Crippen LogP contribution in [0.2, 0.25) is 0 Å². The van der Waals surface area contributed by atoms with E-state index in [0.29, 0.717) is 23.8 Å². The molecule has 0 aliphatic rings. The van der Waals surface area contributed by atoms with Gasteiger partial charge >= 0.3 is 0 Å². The monoisotopic (exact) mass is 235 g/mol. The molecule has 0 aromatic carbocycles. The number of aliphatic hydroxyl groups is 1. The molecule has 2 heterocycles. The summed E-state index contributed by atoms with van der Waals surface area (Å²) in [6.45, 7) is 0. The summed E-state index contributed by atoms with van der Waals surface area (Å²) in [6, 6.07) is 1.60.